The van der Waals surface area contributed by atoms with Crippen molar-refractivity contribution in [2.75, 3.05) is 6.61 Å². The van der Waals surface area contributed by atoms with Gasteiger partial charge in [-0.25, -0.2) is 0 Å². The van der Waals surface area contributed by atoms with Crippen molar-refractivity contribution in [2.24, 2.45) is 0 Å². The fourth-order valence-electron chi connectivity index (χ4n) is 0.425. The minimum atomic E-state index is -1.44. The Labute approximate surface area is 78.2 Å². The van der Waals surface area contributed by atoms with E-state index in [-0.39, 0.29) is 12.7 Å². The van der Waals surface area contributed by atoms with Gasteiger partial charge in [-0.05, 0) is 0 Å². The van der Waals surface area contributed by atoms with Gasteiger partial charge in [0.05, 0.1) is 6.20 Å². The van der Waals surface area contributed by atoms with Gasteiger partial charge in [0.1, 0.15) is 12.9 Å². The predicted octanol–water partition coefficient (Wildman–Crippen LogP) is 2.42. The summed E-state index contributed by atoms with van der Waals surface area (Å²) in [5, 5.41) is 0. The highest BCUT2D eigenvalue weighted by atomic mass is 35.6. The van der Waals surface area contributed by atoms with Gasteiger partial charge in [-0.1, -0.05) is 34.8 Å². The summed E-state index contributed by atoms with van der Waals surface area (Å²) in [6, 6.07) is 0. The first-order chi connectivity index (χ1) is 5.08. The number of rotatable bonds is 2. The molecule has 0 saturated carbocycles. The molecule has 0 bridgehead atoms. The fourth-order valence-corrected chi connectivity index (χ4v) is 0.589. The first-order valence-electron chi connectivity index (χ1n) is 2.67. The highest BCUT2D eigenvalue weighted by Gasteiger charge is 2.21. The maximum absolute atomic E-state index is 5.39. The molecule has 62 valence electrons. The SMILES string of the molecule is ClC(Cl)(Cl)COc1ncco1. The van der Waals surface area contributed by atoms with Gasteiger partial charge < -0.3 is 9.15 Å². The topological polar surface area (TPSA) is 35.3 Å². The van der Waals surface area contributed by atoms with E-state index in [1.807, 2.05) is 0 Å². The smallest absolute Gasteiger partial charge is 0.393 e. The molecular formula is C5H4Cl3NO2. The van der Waals surface area contributed by atoms with Gasteiger partial charge in [0.25, 0.3) is 0 Å². The molecule has 1 aromatic rings. The van der Waals surface area contributed by atoms with Crippen LogP contribution in [0.3, 0.4) is 0 Å². The van der Waals surface area contributed by atoms with Crippen LogP contribution in [0.2, 0.25) is 0 Å². The maximum atomic E-state index is 5.39. The molecule has 0 fully saturated rings. The van der Waals surface area contributed by atoms with Gasteiger partial charge >= 0.3 is 6.08 Å². The molecule has 0 aromatic carbocycles. The number of nitrogens with zero attached hydrogens (tertiary/aromatic N) is 1. The number of ether oxygens (including phenoxy) is 1. The Kier molecular flexibility index (Phi) is 2.87. The Hall–Kier alpha value is -0.120. The van der Waals surface area contributed by atoms with Crippen molar-refractivity contribution in [3.8, 4) is 6.08 Å². The fraction of sp³-hybridized carbons (Fsp3) is 0.400. The summed E-state index contributed by atoms with van der Waals surface area (Å²) in [5.74, 6) is 0. The van der Waals surface area contributed by atoms with E-state index in [9.17, 15) is 0 Å². The Balaban J connectivity index is 2.35. The van der Waals surface area contributed by atoms with E-state index < -0.39 is 3.79 Å². The summed E-state index contributed by atoms with van der Waals surface area (Å²) in [5.41, 5.74) is 0. The number of halogens is 3. The molecule has 0 spiro atoms. The molecule has 0 atom stereocenters. The molecule has 0 saturated heterocycles. The summed E-state index contributed by atoms with van der Waals surface area (Å²) in [7, 11) is 0. The third-order valence-electron chi connectivity index (χ3n) is 0.769. The second-order valence-electron chi connectivity index (χ2n) is 1.70. The molecular weight excluding hydrogens is 212 g/mol. The summed E-state index contributed by atoms with van der Waals surface area (Å²) < 4.78 is 8.12. The zero-order valence-corrected chi connectivity index (χ0v) is 7.53. The lowest BCUT2D eigenvalue weighted by atomic mass is 10.8. The zero-order chi connectivity index (χ0) is 8.32. The van der Waals surface area contributed by atoms with E-state index in [2.05, 4.69) is 4.98 Å². The number of aromatic nitrogens is 1. The van der Waals surface area contributed by atoms with E-state index >= 15 is 0 Å². The minimum absolute atomic E-state index is 0.0851. The van der Waals surface area contributed by atoms with E-state index in [1.165, 1.54) is 12.5 Å². The molecule has 0 aliphatic carbocycles. The van der Waals surface area contributed by atoms with Crippen LogP contribution in [0.5, 0.6) is 6.08 Å². The van der Waals surface area contributed by atoms with Gasteiger partial charge in [-0.3, -0.25) is 0 Å². The Bertz CT molecular complexity index is 206. The predicted molar refractivity (Wildman–Crippen MR) is 42.3 cm³/mol. The lowest BCUT2D eigenvalue weighted by Crippen LogP contribution is -2.15. The molecule has 0 amide bonds. The molecule has 0 aliphatic heterocycles. The highest BCUT2D eigenvalue weighted by Crippen LogP contribution is 2.26. The van der Waals surface area contributed by atoms with Crippen LogP contribution in [0.15, 0.2) is 16.9 Å². The lowest BCUT2D eigenvalue weighted by Gasteiger charge is -2.08. The number of hydrogen-bond acceptors (Lipinski definition) is 3. The lowest BCUT2D eigenvalue weighted by molar-refractivity contribution is 0.235. The van der Waals surface area contributed by atoms with E-state index in [4.69, 9.17) is 44.0 Å². The van der Waals surface area contributed by atoms with Crippen molar-refractivity contribution >= 4 is 34.8 Å². The molecule has 0 aliphatic rings. The molecule has 0 N–H and O–H groups in total. The van der Waals surface area contributed by atoms with Crippen LogP contribution in [0.25, 0.3) is 0 Å². The molecule has 1 rings (SSSR count). The maximum Gasteiger partial charge on any atom is 0.393 e. The van der Waals surface area contributed by atoms with Crippen LogP contribution in [0, 0.1) is 0 Å². The number of hydrogen-bond donors (Lipinski definition) is 0. The zero-order valence-electron chi connectivity index (χ0n) is 5.26. The average molecular weight is 216 g/mol. The molecule has 0 radical (unpaired) electrons. The first kappa shape index (κ1) is 8.97. The Morgan fingerprint density at radius 3 is 2.73 bits per heavy atom. The van der Waals surface area contributed by atoms with Crippen LogP contribution in [-0.4, -0.2) is 15.4 Å². The summed E-state index contributed by atoms with van der Waals surface area (Å²) >= 11 is 16.2. The van der Waals surface area contributed by atoms with Gasteiger partial charge in [0, 0.05) is 0 Å². The molecule has 3 nitrogen and oxygen atoms in total. The Morgan fingerprint density at radius 1 is 1.55 bits per heavy atom. The summed E-state index contributed by atoms with van der Waals surface area (Å²) in [4.78, 5) is 3.65. The Morgan fingerprint density at radius 2 is 2.27 bits per heavy atom. The highest BCUT2D eigenvalue weighted by molar-refractivity contribution is 6.67. The van der Waals surface area contributed by atoms with E-state index in [1.54, 1.807) is 0 Å². The molecule has 6 heteroatoms. The standard InChI is InChI=1S/C5H4Cl3NO2/c6-5(7,8)3-11-4-9-1-2-10-4/h1-2H,3H2. The minimum Gasteiger partial charge on any atom is -0.446 e. The second kappa shape index (κ2) is 3.52. The van der Waals surface area contributed by atoms with Gasteiger partial charge in [-0.15, -0.1) is 0 Å². The van der Waals surface area contributed by atoms with Crippen molar-refractivity contribution in [1.29, 1.82) is 0 Å². The summed E-state index contributed by atoms with van der Waals surface area (Å²) in [6.07, 6.45) is 2.90. The van der Waals surface area contributed by atoms with Crippen molar-refractivity contribution in [3.63, 3.8) is 0 Å². The van der Waals surface area contributed by atoms with Gasteiger partial charge in [-0.2, -0.15) is 4.98 Å². The number of oxazole rings is 1. The monoisotopic (exact) mass is 215 g/mol. The average Bonchev–Trinajstić information content (AvgIpc) is 2.32. The van der Waals surface area contributed by atoms with E-state index in [0.717, 1.165) is 0 Å². The van der Waals surface area contributed by atoms with Crippen molar-refractivity contribution < 1.29 is 9.15 Å². The van der Waals surface area contributed by atoms with Crippen molar-refractivity contribution in [2.45, 2.75) is 3.79 Å². The van der Waals surface area contributed by atoms with Crippen LogP contribution in [-0.2, 0) is 0 Å². The quantitative estimate of drug-likeness (QED) is 0.712. The van der Waals surface area contributed by atoms with Gasteiger partial charge in [0.15, 0.2) is 0 Å². The first-order valence-corrected chi connectivity index (χ1v) is 3.80. The number of alkyl halides is 3. The molecule has 1 aromatic heterocycles. The second-order valence-corrected chi connectivity index (χ2v) is 4.22. The third-order valence-corrected chi connectivity index (χ3v) is 1.10. The van der Waals surface area contributed by atoms with Crippen LogP contribution >= 0.6 is 34.8 Å². The molecule has 0 unspecified atom stereocenters. The third kappa shape index (κ3) is 3.70. The molecule has 1 heterocycles. The van der Waals surface area contributed by atoms with Gasteiger partial charge in [0.2, 0.25) is 3.79 Å². The van der Waals surface area contributed by atoms with Crippen LogP contribution < -0.4 is 4.74 Å². The summed E-state index contributed by atoms with van der Waals surface area (Å²) in [6.45, 7) is -0.0851. The largest absolute Gasteiger partial charge is 0.446 e. The van der Waals surface area contributed by atoms with E-state index in [0.29, 0.717) is 0 Å². The van der Waals surface area contributed by atoms with Crippen LogP contribution in [0.1, 0.15) is 0 Å². The molecule has 11 heavy (non-hydrogen) atoms. The van der Waals surface area contributed by atoms with Crippen LogP contribution in [0.4, 0.5) is 0 Å². The van der Waals surface area contributed by atoms with Crippen molar-refractivity contribution in [3.05, 3.63) is 12.5 Å². The normalized spacial score (nSPS) is 11.5. The van der Waals surface area contributed by atoms with Crippen molar-refractivity contribution in [1.82, 2.24) is 4.98 Å².